The molecule has 0 saturated heterocycles. The zero-order valence-corrected chi connectivity index (χ0v) is 5.82. The summed E-state index contributed by atoms with van der Waals surface area (Å²) in [4.78, 5) is 0. The van der Waals surface area contributed by atoms with Gasteiger partial charge in [0.05, 0.1) is 0 Å². The van der Waals surface area contributed by atoms with Gasteiger partial charge in [0.2, 0.25) is 0 Å². The number of halogens is 1. The Morgan fingerprint density at radius 2 is 2.22 bits per heavy atom. The van der Waals surface area contributed by atoms with E-state index in [9.17, 15) is 4.39 Å². The molecule has 0 aliphatic heterocycles. The van der Waals surface area contributed by atoms with Crippen LogP contribution in [0.4, 0.5) is 4.39 Å². The number of nitrogens with two attached hydrogens (primary N) is 1. The van der Waals surface area contributed by atoms with Gasteiger partial charge in [-0.3, -0.25) is 0 Å². The fraction of sp³-hybridized carbons (Fsp3) is 0.429. The second-order valence-corrected chi connectivity index (χ2v) is 1.83. The van der Waals surface area contributed by atoms with Gasteiger partial charge in [0.1, 0.15) is 5.83 Å². The molecule has 0 aliphatic carbocycles. The van der Waals surface area contributed by atoms with E-state index in [1.165, 1.54) is 6.08 Å². The van der Waals surface area contributed by atoms with Crippen molar-refractivity contribution >= 4 is 0 Å². The molecule has 52 valence electrons. The minimum Gasteiger partial charge on any atom is -0.327 e. The van der Waals surface area contributed by atoms with Crippen molar-refractivity contribution in [1.29, 1.82) is 0 Å². The Hall–Kier alpha value is -0.630. The topological polar surface area (TPSA) is 26.0 Å². The highest BCUT2D eigenvalue weighted by atomic mass is 19.1. The maximum atomic E-state index is 12.5. The number of hydrogen-bond donors (Lipinski definition) is 1. The molecular weight excluding hydrogens is 117 g/mol. The van der Waals surface area contributed by atoms with E-state index in [2.05, 4.69) is 0 Å². The van der Waals surface area contributed by atoms with Crippen LogP contribution >= 0.6 is 0 Å². The van der Waals surface area contributed by atoms with Crippen LogP contribution in [0, 0.1) is 0 Å². The summed E-state index contributed by atoms with van der Waals surface area (Å²) in [6, 6.07) is 0. The zero-order chi connectivity index (χ0) is 7.28. The second-order valence-electron chi connectivity index (χ2n) is 1.83. The van der Waals surface area contributed by atoms with Gasteiger partial charge in [-0.05, 0) is 25.5 Å². The quantitative estimate of drug-likeness (QED) is 0.565. The van der Waals surface area contributed by atoms with E-state index in [4.69, 9.17) is 5.73 Å². The van der Waals surface area contributed by atoms with Crippen LogP contribution in [-0.2, 0) is 0 Å². The van der Waals surface area contributed by atoms with E-state index < -0.39 is 0 Å². The van der Waals surface area contributed by atoms with Crippen molar-refractivity contribution in [2.24, 2.45) is 5.73 Å². The van der Waals surface area contributed by atoms with E-state index in [1.54, 1.807) is 19.9 Å². The minimum absolute atomic E-state index is 0.222. The monoisotopic (exact) mass is 129 g/mol. The smallest absolute Gasteiger partial charge is 0.123 e. The van der Waals surface area contributed by atoms with E-state index >= 15 is 0 Å². The van der Waals surface area contributed by atoms with Gasteiger partial charge in [-0.1, -0.05) is 6.08 Å². The second kappa shape index (κ2) is 4.27. The molecule has 0 aliphatic rings. The third kappa shape index (κ3) is 3.03. The molecule has 0 atom stereocenters. The molecule has 0 aromatic rings. The first kappa shape index (κ1) is 8.37. The summed E-state index contributed by atoms with van der Waals surface area (Å²) in [7, 11) is 0. The van der Waals surface area contributed by atoms with Gasteiger partial charge >= 0.3 is 0 Å². The Morgan fingerprint density at radius 3 is 2.56 bits per heavy atom. The Morgan fingerprint density at radius 1 is 1.67 bits per heavy atom. The standard InChI is InChI=1S/C7H12FN/c1-3-4-7(8)6(2)5-9/h3-4H,5,9H2,1-2H3/b4-3-,7-6-. The van der Waals surface area contributed by atoms with E-state index in [0.29, 0.717) is 5.57 Å². The first-order chi connectivity index (χ1) is 4.22. The fourth-order valence-corrected chi connectivity index (χ4v) is 0.386. The summed E-state index contributed by atoms with van der Waals surface area (Å²) >= 11 is 0. The first-order valence-corrected chi connectivity index (χ1v) is 2.90. The van der Waals surface area contributed by atoms with E-state index in [0.717, 1.165) is 0 Å². The normalized spacial score (nSPS) is 14.2. The first-order valence-electron chi connectivity index (χ1n) is 2.90. The largest absolute Gasteiger partial charge is 0.327 e. The summed E-state index contributed by atoms with van der Waals surface area (Å²) in [6.45, 7) is 3.73. The lowest BCUT2D eigenvalue weighted by Crippen LogP contribution is -2.00. The molecule has 2 N–H and O–H groups in total. The average molecular weight is 129 g/mol. The maximum absolute atomic E-state index is 12.5. The van der Waals surface area contributed by atoms with Crippen molar-refractivity contribution in [2.75, 3.05) is 6.54 Å². The van der Waals surface area contributed by atoms with Crippen LogP contribution in [0.5, 0.6) is 0 Å². The Kier molecular flexibility index (Phi) is 3.97. The van der Waals surface area contributed by atoms with Crippen LogP contribution in [0.15, 0.2) is 23.6 Å². The SMILES string of the molecule is C/C=C\C(F)=C(/C)CN. The fourth-order valence-electron chi connectivity index (χ4n) is 0.386. The number of rotatable bonds is 2. The molecule has 2 heteroatoms. The molecule has 0 saturated carbocycles. The molecule has 0 aromatic carbocycles. The Balaban J connectivity index is 4.10. The van der Waals surface area contributed by atoms with Gasteiger partial charge in [0, 0.05) is 6.54 Å². The molecule has 0 fully saturated rings. The minimum atomic E-state index is -0.222. The number of hydrogen-bond acceptors (Lipinski definition) is 1. The lowest BCUT2D eigenvalue weighted by atomic mass is 10.2. The van der Waals surface area contributed by atoms with Crippen molar-refractivity contribution in [3.05, 3.63) is 23.6 Å². The molecule has 1 nitrogen and oxygen atoms in total. The molecule has 0 aromatic heterocycles. The average Bonchev–Trinajstić information content (AvgIpc) is 1.87. The van der Waals surface area contributed by atoms with Crippen molar-refractivity contribution < 1.29 is 4.39 Å². The summed E-state index contributed by atoms with van der Waals surface area (Å²) in [5, 5.41) is 0. The van der Waals surface area contributed by atoms with Gasteiger partial charge in [-0.15, -0.1) is 0 Å². The predicted molar refractivity (Wildman–Crippen MR) is 37.7 cm³/mol. The van der Waals surface area contributed by atoms with Gasteiger partial charge in [-0.2, -0.15) is 0 Å². The summed E-state index contributed by atoms with van der Waals surface area (Å²) in [5.74, 6) is -0.222. The van der Waals surface area contributed by atoms with Gasteiger partial charge < -0.3 is 5.73 Å². The summed E-state index contributed by atoms with van der Waals surface area (Å²) in [5.41, 5.74) is 5.76. The summed E-state index contributed by atoms with van der Waals surface area (Å²) < 4.78 is 12.5. The highest BCUT2D eigenvalue weighted by Gasteiger charge is 1.91. The van der Waals surface area contributed by atoms with E-state index in [1.807, 2.05) is 0 Å². The van der Waals surface area contributed by atoms with Crippen LogP contribution in [0.1, 0.15) is 13.8 Å². The third-order valence-corrected chi connectivity index (χ3v) is 1.03. The van der Waals surface area contributed by atoms with E-state index in [-0.39, 0.29) is 12.4 Å². The zero-order valence-electron chi connectivity index (χ0n) is 5.82. The molecule has 0 amide bonds. The maximum Gasteiger partial charge on any atom is 0.123 e. The van der Waals surface area contributed by atoms with Crippen molar-refractivity contribution in [2.45, 2.75) is 13.8 Å². The van der Waals surface area contributed by atoms with Crippen LogP contribution in [0.25, 0.3) is 0 Å². The number of allylic oxidation sites excluding steroid dienone is 3. The molecular formula is C7H12FN. The van der Waals surface area contributed by atoms with Crippen molar-refractivity contribution in [3.8, 4) is 0 Å². The molecule has 0 unspecified atom stereocenters. The van der Waals surface area contributed by atoms with Crippen molar-refractivity contribution in [3.63, 3.8) is 0 Å². The highest BCUT2D eigenvalue weighted by Crippen LogP contribution is 2.04. The molecule has 0 rings (SSSR count). The third-order valence-electron chi connectivity index (χ3n) is 1.03. The Labute approximate surface area is 55.1 Å². The molecule has 0 bridgehead atoms. The van der Waals surface area contributed by atoms with Gasteiger partial charge in [0.15, 0.2) is 0 Å². The Bertz CT molecular complexity index is 136. The van der Waals surface area contributed by atoms with Crippen LogP contribution in [-0.4, -0.2) is 6.54 Å². The van der Waals surface area contributed by atoms with Crippen molar-refractivity contribution in [1.82, 2.24) is 0 Å². The molecule has 0 radical (unpaired) electrons. The molecule has 9 heavy (non-hydrogen) atoms. The van der Waals surface area contributed by atoms with Crippen LogP contribution in [0.2, 0.25) is 0 Å². The van der Waals surface area contributed by atoms with Gasteiger partial charge in [-0.25, -0.2) is 4.39 Å². The lowest BCUT2D eigenvalue weighted by molar-refractivity contribution is 0.650. The lowest BCUT2D eigenvalue weighted by Gasteiger charge is -1.93. The molecule has 0 spiro atoms. The predicted octanol–water partition coefficient (Wildman–Crippen LogP) is 1.76. The van der Waals surface area contributed by atoms with Crippen LogP contribution in [0.3, 0.4) is 0 Å². The highest BCUT2D eigenvalue weighted by molar-refractivity contribution is 5.17. The molecule has 0 heterocycles. The van der Waals surface area contributed by atoms with Gasteiger partial charge in [0.25, 0.3) is 0 Å². The van der Waals surface area contributed by atoms with Crippen LogP contribution < -0.4 is 5.73 Å². The summed E-state index contributed by atoms with van der Waals surface area (Å²) in [6.07, 6.45) is 3.05.